The molecule has 0 aliphatic rings. The minimum atomic E-state index is 0.300. The highest BCUT2D eigenvalue weighted by Crippen LogP contribution is 2.21. The van der Waals surface area contributed by atoms with Gasteiger partial charge in [0, 0.05) is 25.0 Å². The Balaban J connectivity index is 2.96. The largest absolute Gasteiger partial charge is 0.329 e. The maximum Gasteiger partial charge on any atom is 0.0488 e. The fourth-order valence-corrected chi connectivity index (χ4v) is 1.96. The molecule has 0 radical (unpaired) electrons. The lowest BCUT2D eigenvalue weighted by Gasteiger charge is -2.29. The zero-order valence-corrected chi connectivity index (χ0v) is 9.90. The number of aromatic nitrogens is 1. The molecule has 0 aromatic carbocycles. The van der Waals surface area contributed by atoms with Crippen LogP contribution in [0.4, 0.5) is 0 Å². The lowest BCUT2D eigenvalue weighted by Crippen LogP contribution is -2.34. The van der Waals surface area contributed by atoms with E-state index in [1.165, 1.54) is 11.1 Å². The first-order valence-corrected chi connectivity index (χ1v) is 5.59. The van der Waals surface area contributed by atoms with Gasteiger partial charge >= 0.3 is 0 Å². The van der Waals surface area contributed by atoms with Crippen molar-refractivity contribution in [1.29, 1.82) is 0 Å². The SMILES string of the molecule is CCN(CC)C(CN)c1cnccc1C. The van der Waals surface area contributed by atoms with Crippen molar-refractivity contribution in [2.24, 2.45) is 5.73 Å². The van der Waals surface area contributed by atoms with Gasteiger partial charge in [-0.2, -0.15) is 0 Å². The summed E-state index contributed by atoms with van der Waals surface area (Å²) in [5.41, 5.74) is 8.38. The summed E-state index contributed by atoms with van der Waals surface area (Å²) in [6.45, 7) is 9.13. The van der Waals surface area contributed by atoms with Crippen LogP contribution in [0.1, 0.15) is 31.0 Å². The molecular formula is C12H21N3. The van der Waals surface area contributed by atoms with Gasteiger partial charge in [0.15, 0.2) is 0 Å². The molecule has 0 bridgehead atoms. The summed E-state index contributed by atoms with van der Waals surface area (Å²) < 4.78 is 0. The molecule has 1 aromatic heterocycles. The van der Waals surface area contributed by atoms with Crippen molar-refractivity contribution in [3.63, 3.8) is 0 Å². The Hall–Kier alpha value is -0.930. The molecule has 2 N–H and O–H groups in total. The van der Waals surface area contributed by atoms with Crippen molar-refractivity contribution in [2.75, 3.05) is 19.6 Å². The number of hydrogen-bond donors (Lipinski definition) is 1. The Morgan fingerprint density at radius 3 is 2.53 bits per heavy atom. The number of nitrogens with two attached hydrogens (primary N) is 1. The Bertz CT molecular complexity index is 295. The van der Waals surface area contributed by atoms with Crippen LogP contribution in [0.25, 0.3) is 0 Å². The quantitative estimate of drug-likeness (QED) is 0.799. The highest BCUT2D eigenvalue weighted by molar-refractivity contribution is 5.25. The first-order chi connectivity index (χ1) is 7.24. The average molecular weight is 207 g/mol. The summed E-state index contributed by atoms with van der Waals surface area (Å²) in [6.07, 6.45) is 3.76. The van der Waals surface area contributed by atoms with Crippen molar-refractivity contribution in [3.8, 4) is 0 Å². The molecule has 1 aromatic rings. The third kappa shape index (κ3) is 2.76. The van der Waals surface area contributed by atoms with E-state index in [1.54, 1.807) is 0 Å². The molecule has 0 amide bonds. The molecule has 3 heteroatoms. The minimum absolute atomic E-state index is 0.300. The van der Waals surface area contributed by atoms with Crippen LogP contribution in [0.5, 0.6) is 0 Å². The van der Waals surface area contributed by atoms with Gasteiger partial charge in [-0.1, -0.05) is 13.8 Å². The van der Waals surface area contributed by atoms with Gasteiger partial charge in [0.1, 0.15) is 0 Å². The van der Waals surface area contributed by atoms with Crippen LogP contribution in [0.2, 0.25) is 0 Å². The van der Waals surface area contributed by atoms with Gasteiger partial charge in [-0.05, 0) is 37.2 Å². The van der Waals surface area contributed by atoms with Gasteiger partial charge in [0.25, 0.3) is 0 Å². The summed E-state index contributed by atoms with van der Waals surface area (Å²) >= 11 is 0. The molecule has 0 fully saturated rings. The molecule has 1 unspecified atom stereocenters. The zero-order valence-electron chi connectivity index (χ0n) is 9.90. The van der Waals surface area contributed by atoms with E-state index in [0.717, 1.165) is 13.1 Å². The van der Waals surface area contributed by atoms with Crippen molar-refractivity contribution in [1.82, 2.24) is 9.88 Å². The predicted octanol–water partition coefficient (Wildman–Crippen LogP) is 1.73. The number of aryl methyl sites for hydroxylation is 1. The highest BCUT2D eigenvalue weighted by atomic mass is 15.2. The second kappa shape index (κ2) is 5.83. The Labute approximate surface area is 92.3 Å². The lowest BCUT2D eigenvalue weighted by atomic mass is 10.0. The van der Waals surface area contributed by atoms with Gasteiger partial charge < -0.3 is 5.73 Å². The third-order valence-electron chi connectivity index (χ3n) is 2.91. The summed E-state index contributed by atoms with van der Waals surface area (Å²) in [6, 6.07) is 2.34. The maximum atomic E-state index is 5.86. The number of likely N-dealkylation sites (N-methyl/N-ethyl adjacent to an activating group) is 1. The van der Waals surface area contributed by atoms with E-state index in [-0.39, 0.29) is 0 Å². The normalized spacial score (nSPS) is 13.1. The van der Waals surface area contributed by atoms with E-state index in [1.807, 2.05) is 18.5 Å². The van der Waals surface area contributed by atoms with Crippen LogP contribution in [0, 0.1) is 6.92 Å². The van der Waals surface area contributed by atoms with Gasteiger partial charge in [-0.3, -0.25) is 9.88 Å². The molecular weight excluding hydrogens is 186 g/mol. The van der Waals surface area contributed by atoms with E-state index in [9.17, 15) is 0 Å². The van der Waals surface area contributed by atoms with E-state index < -0.39 is 0 Å². The third-order valence-corrected chi connectivity index (χ3v) is 2.91. The second-order valence-electron chi connectivity index (χ2n) is 3.70. The molecule has 0 saturated carbocycles. The van der Waals surface area contributed by atoms with Gasteiger partial charge in [0.2, 0.25) is 0 Å². The zero-order chi connectivity index (χ0) is 11.3. The molecule has 0 saturated heterocycles. The number of rotatable bonds is 5. The smallest absolute Gasteiger partial charge is 0.0488 e. The van der Waals surface area contributed by atoms with E-state index in [2.05, 4.69) is 30.7 Å². The molecule has 1 rings (SSSR count). The fourth-order valence-electron chi connectivity index (χ4n) is 1.96. The number of hydrogen-bond acceptors (Lipinski definition) is 3. The first kappa shape index (κ1) is 12.1. The Morgan fingerprint density at radius 2 is 2.07 bits per heavy atom. The number of nitrogens with zero attached hydrogens (tertiary/aromatic N) is 2. The molecule has 0 aliphatic heterocycles. The van der Waals surface area contributed by atoms with Crippen molar-refractivity contribution in [2.45, 2.75) is 26.8 Å². The predicted molar refractivity (Wildman–Crippen MR) is 63.7 cm³/mol. The number of pyridine rings is 1. The van der Waals surface area contributed by atoms with E-state index >= 15 is 0 Å². The molecule has 0 spiro atoms. The van der Waals surface area contributed by atoms with Crippen molar-refractivity contribution in [3.05, 3.63) is 29.6 Å². The van der Waals surface area contributed by atoms with Crippen LogP contribution in [-0.2, 0) is 0 Å². The lowest BCUT2D eigenvalue weighted by molar-refractivity contribution is 0.223. The van der Waals surface area contributed by atoms with Crippen LogP contribution in [0.3, 0.4) is 0 Å². The molecule has 84 valence electrons. The summed E-state index contributed by atoms with van der Waals surface area (Å²) in [7, 11) is 0. The van der Waals surface area contributed by atoms with Crippen molar-refractivity contribution >= 4 is 0 Å². The van der Waals surface area contributed by atoms with E-state index in [0.29, 0.717) is 12.6 Å². The van der Waals surface area contributed by atoms with Crippen LogP contribution < -0.4 is 5.73 Å². The topological polar surface area (TPSA) is 42.1 Å². The Morgan fingerprint density at radius 1 is 1.40 bits per heavy atom. The van der Waals surface area contributed by atoms with Gasteiger partial charge in [-0.25, -0.2) is 0 Å². The first-order valence-electron chi connectivity index (χ1n) is 5.59. The van der Waals surface area contributed by atoms with Gasteiger partial charge in [0.05, 0.1) is 0 Å². The van der Waals surface area contributed by atoms with Crippen molar-refractivity contribution < 1.29 is 0 Å². The summed E-state index contributed by atoms with van der Waals surface area (Å²) in [5, 5.41) is 0. The molecule has 1 heterocycles. The van der Waals surface area contributed by atoms with Crippen LogP contribution >= 0.6 is 0 Å². The van der Waals surface area contributed by atoms with Gasteiger partial charge in [-0.15, -0.1) is 0 Å². The van der Waals surface area contributed by atoms with E-state index in [4.69, 9.17) is 5.73 Å². The summed E-state index contributed by atoms with van der Waals surface area (Å²) in [5.74, 6) is 0. The average Bonchev–Trinajstić information content (AvgIpc) is 2.27. The monoisotopic (exact) mass is 207 g/mol. The molecule has 3 nitrogen and oxygen atoms in total. The molecule has 15 heavy (non-hydrogen) atoms. The summed E-state index contributed by atoms with van der Waals surface area (Å²) in [4.78, 5) is 6.55. The molecule has 0 aliphatic carbocycles. The Kier molecular flexibility index (Phi) is 4.72. The standard InChI is InChI=1S/C12H21N3/c1-4-15(5-2)12(8-13)11-9-14-7-6-10(11)3/h6-7,9,12H,4-5,8,13H2,1-3H3. The maximum absolute atomic E-state index is 5.86. The fraction of sp³-hybridized carbons (Fsp3) is 0.583. The van der Waals surface area contributed by atoms with Crippen LogP contribution in [-0.4, -0.2) is 29.5 Å². The highest BCUT2D eigenvalue weighted by Gasteiger charge is 2.17. The minimum Gasteiger partial charge on any atom is -0.329 e. The molecule has 1 atom stereocenters. The van der Waals surface area contributed by atoms with Crippen LogP contribution in [0.15, 0.2) is 18.5 Å². The second-order valence-corrected chi connectivity index (χ2v) is 3.70.